The van der Waals surface area contributed by atoms with Crippen LogP contribution >= 0.6 is 11.3 Å². The van der Waals surface area contributed by atoms with E-state index in [2.05, 4.69) is 20.2 Å². The van der Waals surface area contributed by atoms with Crippen LogP contribution < -0.4 is 19.5 Å². The third kappa shape index (κ3) is 4.57. The molecule has 0 atom stereocenters. The van der Waals surface area contributed by atoms with Crippen LogP contribution in [0.5, 0.6) is 11.5 Å². The van der Waals surface area contributed by atoms with Crippen LogP contribution in [0.1, 0.15) is 13.8 Å². The second-order valence-electron chi connectivity index (χ2n) is 5.19. The van der Waals surface area contributed by atoms with Gasteiger partial charge in [-0.25, -0.2) is 0 Å². The van der Waals surface area contributed by atoms with Gasteiger partial charge in [-0.15, -0.1) is 10.2 Å². The Morgan fingerprint density at radius 2 is 1.84 bits per heavy atom. The first-order valence-corrected chi connectivity index (χ1v) is 9.46. The topological polar surface area (TPSA) is 120 Å². The molecule has 0 fully saturated rings. The number of nitrogens with zero attached hydrogens (tertiary/aromatic N) is 2. The predicted molar refractivity (Wildman–Crippen MR) is 93.7 cm³/mol. The molecular weight excluding hydrogens is 368 g/mol. The van der Waals surface area contributed by atoms with Crippen LogP contribution in [-0.2, 0) is 14.8 Å². The highest BCUT2D eigenvalue weighted by Crippen LogP contribution is 2.31. The molecule has 25 heavy (non-hydrogen) atoms. The maximum absolute atomic E-state index is 12.4. The Morgan fingerprint density at radius 3 is 2.44 bits per heavy atom. The summed E-state index contributed by atoms with van der Waals surface area (Å²) in [6.45, 7) is 3.43. The summed E-state index contributed by atoms with van der Waals surface area (Å²) in [5.74, 6) is 0.326. The number of nitrogens with one attached hydrogen (secondary N) is 2. The Labute approximate surface area is 149 Å². The Morgan fingerprint density at radius 1 is 1.16 bits per heavy atom. The fourth-order valence-electron chi connectivity index (χ4n) is 1.72. The number of carbonyl (C=O) groups is 1. The normalized spacial score (nSPS) is 11.2. The van der Waals surface area contributed by atoms with Gasteiger partial charge >= 0.3 is 0 Å². The molecule has 1 aromatic carbocycles. The molecule has 1 heterocycles. The van der Waals surface area contributed by atoms with Gasteiger partial charge < -0.3 is 14.8 Å². The lowest BCUT2D eigenvalue weighted by atomic mass is 10.2. The summed E-state index contributed by atoms with van der Waals surface area (Å²) in [6.07, 6.45) is 0. The molecule has 0 saturated heterocycles. The van der Waals surface area contributed by atoms with E-state index in [1.807, 2.05) is 0 Å². The van der Waals surface area contributed by atoms with Crippen molar-refractivity contribution in [1.82, 2.24) is 10.2 Å². The van der Waals surface area contributed by atoms with Crippen molar-refractivity contribution in [1.29, 1.82) is 0 Å². The quantitative estimate of drug-likeness (QED) is 0.698. The lowest BCUT2D eigenvalue weighted by Gasteiger charge is -2.10. The molecule has 0 radical (unpaired) electrons. The highest BCUT2D eigenvalue weighted by Gasteiger charge is 2.22. The van der Waals surface area contributed by atoms with Crippen LogP contribution in [0, 0.1) is 5.92 Å². The van der Waals surface area contributed by atoms with E-state index < -0.39 is 10.0 Å². The number of ether oxygens (including phenoxy) is 2. The van der Waals surface area contributed by atoms with Crippen LogP contribution in [0.15, 0.2) is 22.5 Å². The van der Waals surface area contributed by atoms with E-state index in [1.54, 1.807) is 19.9 Å². The number of rotatable bonds is 7. The molecule has 2 N–H and O–H groups in total. The maximum atomic E-state index is 12.4. The third-order valence-electron chi connectivity index (χ3n) is 3.03. The van der Waals surface area contributed by atoms with Gasteiger partial charge in [-0.2, -0.15) is 8.42 Å². The van der Waals surface area contributed by atoms with Gasteiger partial charge in [-0.1, -0.05) is 25.2 Å². The minimum absolute atomic E-state index is 0.117. The zero-order chi connectivity index (χ0) is 18.6. The minimum atomic E-state index is -3.95. The van der Waals surface area contributed by atoms with E-state index in [4.69, 9.17) is 9.47 Å². The number of amides is 1. The molecule has 0 bridgehead atoms. The number of aromatic nitrogens is 2. The molecule has 0 saturated carbocycles. The van der Waals surface area contributed by atoms with E-state index in [0.29, 0.717) is 11.5 Å². The second-order valence-corrected chi connectivity index (χ2v) is 8.03. The van der Waals surface area contributed by atoms with Gasteiger partial charge in [-0.05, 0) is 12.1 Å². The van der Waals surface area contributed by atoms with E-state index >= 15 is 0 Å². The fourth-order valence-corrected chi connectivity index (χ4v) is 3.67. The largest absolute Gasteiger partial charge is 0.493 e. The third-order valence-corrected chi connectivity index (χ3v) is 5.61. The van der Waals surface area contributed by atoms with E-state index in [0.717, 1.165) is 11.3 Å². The Hall–Kier alpha value is -2.40. The van der Waals surface area contributed by atoms with Crippen molar-refractivity contribution < 1.29 is 22.7 Å². The van der Waals surface area contributed by atoms with E-state index in [-0.39, 0.29) is 27.0 Å². The van der Waals surface area contributed by atoms with Gasteiger partial charge in [0.05, 0.1) is 19.9 Å². The number of hydrogen-bond donors (Lipinski definition) is 2. The highest BCUT2D eigenvalue weighted by molar-refractivity contribution is 7.94. The standard InChI is InChI=1S/C14H18N4O5S2/c1-8(2)12(19)15-13-16-17-14(24-13)25(20,21)18-9-5-6-10(22-3)11(7-9)23-4/h5-8,18H,1-4H3,(H,15,16,19). The summed E-state index contributed by atoms with van der Waals surface area (Å²) >= 11 is 0.762. The number of carbonyl (C=O) groups excluding carboxylic acids is 1. The van der Waals surface area contributed by atoms with Crippen molar-refractivity contribution in [3.05, 3.63) is 18.2 Å². The van der Waals surface area contributed by atoms with E-state index in [9.17, 15) is 13.2 Å². The number of anilines is 2. The van der Waals surface area contributed by atoms with Crippen LogP contribution in [0.4, 0.5) is 10.8 Å². The molecule has 9 nitrogen and oxygen atoms in total. The number of hydrogen-bond acceptors (Lipinski definition) is 8. The molecule has 1 aromatic heterocycles. The maximum Gasteiger partial charge on any atom is 0.291 e. The van der Waals surface area contributed by atoms with Crippen molar-refractivity contribution >= 4 is 38.1 Å². The van der Waals surface area contributed by atoms with Crippen molar-refractivity contribution in [2.75, 3.05) is 24.3 Å². The van der Waals surface area contributed by atoms with Crippen LogP contribution in [-0.4, -0.2) is 38.7 Å². The summed E-state index contributed by atoms with van der Waals surface area (Å²) in [5, 5.41) is 9.93. The molecule has 0 aliphatic carbocycles. The fraction of sp³-hybridized carbons (Fsp3) is 0.357. The SMILES string of the molecule is COc1ccc(NS(=O)(=O)c2nnc(NC(=O)C(C)C)s2)cc1OC. The van der Waals surface area contributed by atoms with Gasteiger partial charge in [0.2, 0.25) is 11.0 Å². The van der Waals surface area contributed by atoms with Crippen molar-refractivity contribution in [3.63, 3.8) is 0 Å². The zero-order valence-electron chi connectivity index (χ0n) is 14.1. The lowest BCUT2D eigenvalue weighted by molar-refractivity contribution is -0.118. The minimum Gasteiger partial charge on any atom is -0.493 e. The Balaban J connectivity index is 2.19. The molecule has 0 aliphatic rings. The van der Waals surface area contributed by atoms with Crippen LogP contribution in [0.2, 0.25) is 0 Å². The molecule has 0 unspecified atom stereocenters. The smallest absolute Gasteiger partial charge is 0.291 e. The first kappa shape index (κ1) is 18.9. The predicted octanol–water partition coefficient (Wildman–Crippen LogP) is 1.95. The average Bonchev–Trinajstić information content (AvgIpc) is 3.03. The summed E-state index contributed by atoms with van der Waals surface area (Å²) < 4.78 is 37.2. The molecule has 136 valence electrons. The monoisotopic (exact) mass is 386 g/mol. The van der Waals surface area contributed by atoms with Crippen molar-refractivity contribution in [2.45, 2.75) is 18.2 Å². The first-order chi connectivity index (χ1) is 11.8. The van der Waals surface area contributed by atoms with Crippen LogP contribution in [0.3, 0.4) is 0 Å². The average molecular weight is 386 g/mol. The second kappa shape index (κ2) is 7.66. The molecule has 0 aliphatic heterocycles. The highest BCUT2D eigenvalue weighted by atomic mass is 32.2. The molecule has 2 aromatic rings. The lowest BCUT2D eigenvalue weighted by Crippen LogP contribution is -2.17. The molecule has 0 spiro atoms. The number of methoxy groups -OCH3 is 2. The summed E-state index contributed by atoms with van der Waals surface area (Å²) in [6, 6.07) is 4.59. The number of benzene rings is 1. The van der Waals surface area contributed by atoms with Gasteiger partial charge in [0.25, 0.3) is 14.4 Å². The summed E-state index contributed by atoms with van der Waals surface area (Å²) in [7, 11) is -1.01. The Bertz CT molecular complexity index is 864. The zero-order valence-corrected chi connectivity index (χ0v) is 15.7. The van der Waals surface area contributed by atoms with Crippen molar-refractivity contribution in [3.8, 4) is 11.5 Å². The summed E-state index contributed by atoms with van der Waals surface area (Å²) in [5.41, 5.74) is 0.278. The molecular formula is C14H18N4O5S2. The van der Waals surface area contributed by atoms with Gasteiger partial charge in [0.15, 0.2) is 11.5 Å². The summed E-state index contributed by atoms with van der Waals surface area (Å²) in [4.78, 5) is 11.6. The van der Waals surface area contributed by atoms with Crippen molar-refractivity contribution in [2.24, 2.45) is 5.92 Å². The van der Waals surface area contributed by atoms with Gasteiger partial charge in [0.1, 0.15) is 0 Å². The van der Waals surface area contributed by atoms with Gasteiger partial charge in [-0.3, -0.25) is 9.52 Å². The van der Waals surface area contributed by atoms with Crippen LogP contribution in [0.25, 0.3) is 0 Å². The molecule has 2 rings (SSSR count). The first-order valence-electron chi connectivity index (χ1n) is 7.16. The number of sulfonamides is 1. The molecule has 1 amide bonds. The van der Waals surface area contributed by atoms with E-state index in [1.165, 1.54) is 26.4 Å². The Kier molecular flexibility index (Phi) is 5.80. The van der Waals surface area contributed by atoms with Gasteiger partial charge in [0, 0.05) is 12.0 Å². The molecule has 11 heteroatoms.